The van der Waals surface area contributed by atoms with E-state index in [9.17, 15) is 0 Å². The Bertz CT molecular complexity index is 93.2. The average molecular weight is 192 g/mol. The summed E-state index contributed by atoms with van der Waals surface area (Å²) in [5.41, 5.74) is 0. The first-order valence-corrected chi connectivity index (χ1v) is 4.16. The van der Waals surface area contributed by atoms with Crippen LogP contribution >= 0.6 is 0 Å². The Kier molecular flexibility index (Phi) is 8.97. The molecule has 0 atom stereocenters. The van der Waals surface area contributed by atoms with Gasteiger partial charge in [0.2, 0.25) is 0 Å². The van der Waals surface area contributed by atoms with Crippen molar-refractivity contribution in [1.29, 1.82) is 0 Å². The lowest BCUT2D eigenvalue weighted by atomic mass is 10.7. The van der Waals surface area contributed by atoms with Gasteiger partial charge in [-0.15, -0.1) is 0 Å². The maximum Gasteiger partial charge on any atom is 0.300 e. The highest BCUT2D eigenvalue weighted by Gasteiger charge is 1.94. The second-order valence-electron chi connectivity index (χ2n) is 2.36. The lowest BCUT2D eigenvalue weighted by Gasteiger charge is -1.97. The van der Waals surface area contributed by atoms with Gasteiger partial charge in [-0.2, -0.15) is 0 Å². The van der Waals surface area contributed by atoms with E-state index in [1.807, 2.05) is 0 Å². The number of carboxylic acid groups (broad SMARTS) is 1. The molecule has 0 bridgehead atoms. The molecule has 0 unspecified atom stereocenters. The summed E-state index contributed by atoms with van der Waals surface area (Å²) in [4.78, 5) is 9.00. The van der Waals surface area contributed by atoms with E-state index in [2.05, 4.69) is 0 Å². The molecule has 1 heterocycles. The van der Waals surface area contributed by atoms with Gasteiger partial charge in [0.15, 0.2) is 0 Å². The molecule has 0 aromatic heterocycles. The van der Waals surface area contributed by atoms with Crippen molar-refractivity contribution in [3.05, 3.63) is 0 Å². The van der Waals surface area contributed by atoms with E-state index in [1.165, 1.54) is 0 Å². The Morgan fingerprint density at radius 3 is 1.23 bits per heavy atom. The van der Waals surface area contributed by atoms with Crippen LogP contribution < -0.4 is 0 Å². The second-order valence-corrected chi connectivity index (χ2v) is 2.36. The van der Waals surface area contributed by atoms with Gasteiger partial charge in [0.05, 0.1) is 39.6 Å². The van der Waals surface area contributed by atoms with Gasteiger partial charge in [-0.1, -0.05) is 0 Å². The first kappa shape index (κ1) is 12.3. The summed E-state index contributed by atoms with van der Waals surface area (Å²) in [7, 11) is 0. The molecule has 0 spiro atoms. The molecule has 0 saturated carbocycles. The van der Waals surface area contributed by atoms with Crippen molar-refractivity contribution in [3.8, 4) is 0 Å². The smallest absolute Gasteiger partial charge is 0.300 e. The van der Waals surface area contributed by atoms with Crippen molar-refractivity contribution in [2.75, 3.05) is 39.6 Å². The minimum atomic E-state index is -0.833. The summed E-state index contributed by atoms with van der Waals surface area (Å²) in [6, 6.07) is 0. The van der Waals surface area contributed by atoms with E-state index in [1.54, 1.807) is 0 Å². The topological polar surface area (TPSA) is 65.0 Å². The van der Waals surface area contributed by atoms with Crippen LogP contribution in [-0.2, 0) is 19.0 Å². The average Bonchev–Trinajstić information content (AvgIpc) is 2.16. The summed E-state index contributed by atoms with van der Waals surface area (Å²) in [6.07, 6.45) is 0. The van der Waals surface area contributed by atoms with E-state index in [-0.39, 0.29) is 0 Å². The zero-order valence-corrected chi connectivity index (χ0v) is 7.82. The van der Waals surface area contributed by atoms with Gasteiger partial charge in [0, 0.05) is 6.92 Å². The Morgan fingerprint density at radius 1 is 0.923 bits per heavy atom. The molecule has 5 nitrogen and oxygen atoms in total. The maximum atomic E-state index is 9.00. The Morgan fingerprint density at radius 2 is 1.08 bits per heavy atom. The highest BCUT2D eigenvalue weighted by atomic mass is 16.6. The predicted molar refractivity (Wildman–Crippen MR) is 45.8 cm³/mol. The molecule has 1 aliphatic rings. The molecular weight excluding hydrogens is 176 g/mol. The minimum Gasteiger partial charge on any atom is -0.481 e. The van der Waals surface area contributed by atoms with E-state index >= 15 is 0 Å². The van der Waals surface area contributed by atoms with E-state index in [4.69, 9.17) is 24.1 Å². The summed E-state index contributed by atoms with van der Waals surface area (Å²) >= 11 is 0. The summed E-state index contributed by atoms with van der Waals surface area (Å²) in [5.74, 6) is -0.833. The fourth-order valence-corrected chi connectivity index (χ4v) is 0.660. The van der Waals surface area contributed by atoms with Crippen LogP contribution in [0.3, 0.4) is 0 Å². The van der Waals surface area contributed by atoms with E-state index < -0.39 is 5.97 Å². The lowest BCUT2D eigenvalue weighted by molar-refractivity contribution is -0.134. The summed E-state index contributed by atoms with van der Waals surface area (Å²) < 4.78 is 15.3. The molecule has 0 aromatic rings. The van der Waals surface area contributed by atoms with Crippen LogP contribution in [0, 0.1) is 0 Å². The Hall–Kier alpha value is -0.650. The molecule has 13 heavy (non-hydrogen) atoms. The van der Waals surface area contributed by atoms with Crippen LogP contribution in [0.25, 0.3) is 0 Å². The van der Waals surface area contributed by atoms with Gasteiger partial charge in [-0.05, 0) is 0 Å². The van der Waals surface area contributed by atoms with E-state index in [0.29, 0.717) is 39.6 Å². The predicted octanol–water partition coefficient (Wildman–Crippen LogP) is 0.141. The van der Waals surface area contributed by atoms with Crippen molar-refractivity contribution in [2.45, 2.75) is 6.92 Å². The third-order valence-corrected chi connectivity index (χ3v) is 1.12. The third-order valence-electron chi connectivity index (χ3n) is 1.12. The highest BCUT2D eigenvalue weighted by Crippen LogP contribution is 1.85. The van der Waals surface area contributed by atoms with Crippen LogP contribution in [0.2, 0.25) is 0 Å². The zero-order chi connectivity index (χ0) is 9.94. The van der Waals surface area contributed by atoms with Gasteiger partial charge in [0.1, 0.15) is 0 Å². The Labute approximate surface area is 77.6 Å². The number of ether oxygens (including phenoxy) is 3. The fourth-order valence-electron chi connectivity index (χ4n) is 0.660. The number of rotatable bonds is 0. The second kappa shape index (κ2) is 9.44. The van der Waals surface area contributed by atoms with E-state index in [0.717, 1.165) is 6.92 Å². The molecule has 0 radical (unpaired) electrons. The van der Waals surface area contributed by atoms with Crippen LogP contribution in [-0.4, -0.2) is 50.7 Å². The number of aliphatic carboxylic acids is 1. The van der Waals surface area contributed by atoms with Crippen LogP contribution in [0.15, 0.2) is 0 Å². The first-order valence-electron chi connectivity index (χ1n) is 4.16. The molecule has 1 N–H and O–H groups in total. The number of hydrogen-bond acceptors (Lipinski definition) is 4. The summed E-state index contributed by atoms with van der Waals surface area (Å²) in [6.45, 7) is 5.27. The number of carbonyl (C=O) groups is 1. The molecule has 5 heteroatoms. The summed E-state index contributed by atoms with van der Waals surface area (Å²) in [5, 5.41) is 7.42. The number of carboxylic acids is 1. The zero-order valence-electron chi connectivity index (χ0n) is 7.82. The monoisotopic (exact) mass is 192 g/mol. The molecule has 1 saturated heterocycles. The van der Waals surface area contributed by atoms with Crippen LogP contribution in [0.5, 0.6) is 0 Å². The minimum absolute atomic E-state index is 0.698. The molecule has 0 amide bonds. The Balaban J connectivity index is 0.000000310. The van der Waals surface area contributed by atoms with Crippen molar-refractivity contribution in [2.24, 2.45) is 0 Å². The van der Waals surface area contributed by atoms with Crippen molar-refractivity contribution >= 4 is 5.97 Å². The third kappa shape index (κ3) is 14.2. The SMILES string of the molecule is C1COCCOCCO1.CC(=O)O. The van der Waals surface area contributed by atoms with Crippen molar-refractivity contribution in [1.82, 2.24) is 0 Å². The molecule has 78 valence electrons. The molecule has 1 fully saturated rings. The van der Waals surface area contributed by atoms with Gasteiger partial charge in [-0.3, -0.25) is 4.79 Å². The van der Waals surface area contributed by atoms with Gasteiger partial charge in [-0.25, -0.2) is 0 Å². The maximum absolute atomic E-state index is 9.00. The van der Waals surface area contributed by atoms with Gasteiger partial charge < -0.3 is 19.3 Å². The van der Waals surface area contributed by atoms with Crippen molar-refractivity contribution < 1.29 is 24.1 Å². The number of hydrogen-bond donors (Lipinski definition) is 1. The standard InChI is InChI=1S/C6H12O3.C2H4O2/c1-2-8-5-6-9-4-3-7-1;1-2(3)4/h1-6H2;1H3,(H,3,4). The van der Waals surface area contributed by atoms with Crippen LogP contribution in [0.4, 0.5) is 0 Å². The normalized spacial score (nSPS) is 18.5. The molecule has 0 aliphatic carbocycles. The van der Waals surface area contributed by atoms with Gasteiger partial charge >= 0.3 is 0 Å². The molecule has 1 rings (SSSR count). The first-order chi connectivity index (χ1) is 6.23. The largest absolute Gasteiger partial charge is 0.481 e. The van der Waals surface area contributed by atoms with Gasteiger partial charge in [0.25, 0.3) is 5.97 Å². The quantitative estimate of drug-likeness (QED) is 0.591. The lowest BCUT2D eigenvalue weighted by Crippen LogP contribution is -2.04. The highest BCUT2D eigenvalue weighted by molar-refractivity contribution is 5.62. The molecular formula is C8H16O5. The van der Waals surface area contributed by atoms with Crippen molar-refractivity contribution in [3.63, 3.8) is 0 Å². The van der Waals surface area contributed by atoms with Crippen LogP contribution in [0.1, 0.15) is 6.92 Å². The molecule has 0 aromatic carbocycles. The fraction of sp³-hybridized carbons (Fsp3) is 0.875. The molecule has 1 aliphatic heterocycles.